The first-order chi connectivity index (χ1) is 9.22. The number of carbonyl (C=O) groups is 1. The summed E-state index contributed by atoms with van der Waals surface area (Å²) >= 11 is 0. The van der Waals surface area contributed by atoms with Gasteiger partial charge in [0.2, 0.25) is 0 Å². The van der Waals surface area contributed by atoms with Gasteiger partial charge in [-0.05, 0) is 19.1 Å². The highest BCUT2D eigenvalue weighted by atomic mass is 16.2. The van der Waals surface area contributed by atoms with Gasteiger partial charge in [-0.1, -0.05) is 5.21 Å². The van der Waals surface area contributed by atoms with Crippen molar-refractivity contribution in [2.45, 2.75) is 13.0 Å². The lowest BCUT2D eigenvalue weighted by molar-refractivity contribution is 0.102. The Morgan fingerprint density at radius 2 is 2.37 bits per heavy atom. The maximum Gasteiger partial charge on any atom is 0.277 e. The number of amides is 1. The minimum Gasteiger partial charge on any atom is -0.320 e. The second-order valence-corrected chi connectivity index (χ2v) is 4.54. The molecule has 0 radical (unpaired) electrons. The number of hydrogen-bond acceptors (Lipinski definition) is 5. The van der Waals surface area contributed by atoms with E-state index >= 15 is 0 Å². The fraction of sp³-hybridized carbons (Fsp3) is 0.333. The van der Waals surface area contributed by atoms with E-state index in [1.807, 2.05) is 6.92 Å². The molecule has 0 spiro atoms. The fourth-order valence-corrected chi connectivity index (χ4v) is 1.84. The molecule has 7 nitrogen and oxygen atoms in total. The number of hydrogen-bond donors (Lipinski definition) is 2. The highest BCUT2D eigenvalue weighted by Gasteiger charge is 2.21. The van der Waals surface area contributed by atoms with Crippen LogP contribution in [0.5, 0.6) is 0 Å². The van der Waals surface area contributed by atoms with Gasteiger partial charge in [0, 0.05) is 30.7 Å². The molecule has 0 atom stereocenters. The van der Waals surface area contributed by atoms with E-state index in [0.29, 0.717) is 17.4 Å². The summed E-state index contributed by atoms with van der Waals surface area (Å²) in [5.74, 6) is -0.260. The number of nitrogens with one attached hydrogen (secondary N) is 2. The molecule has 3 rings (SSSR count). The highest BCUT2D eigenvalue weighted by Crippen LogP contribution is 2.12. The monoisotopic (exact) mass is 258 g/mol. The summed E-state index contributed by atoms with van der Waals surface area (Å²) in [6, 6.07) is 3.85. The van der Waals surface area contributed by atoms with Gasteiger partial charge in [-0.25, -0.2) is 4.68 Å². The first kappa shape index (κ1) is 11.8. The minimum atomic E-state index is -0.260. The molecule has 2 aromatic heterocycles. The summed E-state index contributed by atoms with van der Waals surface area (Å²) in [4.78, 5) is 16.1. The van der Waals surface area contributed by atoms with Crippen LogP contribution in [0.2, 0.25) is 0 Å². The van der Waals surface area contributed by atoms with Crippen LogP contribution in [0.3, 0.4) is 0 Å². The lowest BCUT2D eigenvalue weighted by atomic mass is 10.2. The maximum atomic E-state index is 12.0. The number of anilines is 1. The molecule has 2 N–H and O–H groups in total. The van der Waals surface area contributed by atoms with Crippen LogP contribution in [-0.2, 0) is 0 Å². The van der Waals surface area contributed by atoms with Crippen LogP contribution in [0.15, 0.2) is 24.5 Å². The maximum absolute atomic E-state index is 12.0. The summed E-state index contributed by atoms with van der Waals surface area (Å²) in [6.07, 6.45) is 3.33. The Labute approximate surface area is 110 Å². The quantitative estimate of drug-likeness (QED) is 0.831. The zero-order valence-electron chi connectivity index (χ0n) is 10.5. The normalized spacial score (nSPS) is 15.0. The van der Waals surface area contributed by atoms with Gasteiger partial charge in [-0.2, -0.15) is 0 Å². The number of aryl methyl sites for hydroxylation is 1. The van der Waals surface area contributed by atoms with Crippen molar-refractivity contribution >= 4 is 11.6 Å². The number of rotatable bonds is 3. The Balaban J connectivity index is 1.71. The SMILES string of the molecule is Cc1cc(NC(=O)c2cn(C3CNC3)nn2)ccn1. The highest BCUT2D eigenvalue weighted by molar-refractivity contribution is 6.02. The second-order valence-electron chi connectivity index (χ2n) is 4.54. The average Bonchev–Trinajstić information content (AvgIpc) is 2.76. The fourth-order valence-electron chi connectivity index (χ4n) is 1.84. The summed E-state index contributed by atoms with van der Waals surface area (Å²) in [6.45, 7) is 3.61. The van der Waals surface area contributed by atoms with E-state index in [1.165, 1.54) is 0 Å². The zero-order chi connectivity index (χ0) is 13.2. The zero-order valence-corrected chi connectivity index (χ0v) is 10.5. The molecule has 0 saturated carbocycles. The van der Waals surface area contributed by atoms with Gasteiger partial charge in [0.15, 0.2) is 5.69 Å². The number of nitrogens with zero attached hydrogens (tertiary/aromatic N) is 4. The van der Waals surface area contributed by atoms with Crippen molar-refractivity contribution in [3.05, 3.63) is 35.9 Å². The molecule has 3 heterocycles. The third-order valence-corrected chi connectivity index (χ3v) is 3.03. The molecular weight excluding hydrogens is 244 g/mol. The van der Waals surface area contributed by atoms with Crippen LogP contribution >= 0.6 is 0 Å². The summed E-state index contributed by atoms with van der Waals surface area (Å²) in [5, 5.41) is 13.8. The Hall–Kier alpha value is -2.28. The van der Waals surface area contributed by atoms with Crippen LogP contribution in [-0.4, -0.2) is 39.0 Å². The van der Waals surface area contributed by atoms with Gasteiger partial charge < -0.3 is 10.6 Å². The van der Waals surface area contributed by atoms with Crippen molar-refractivity contribution in [3.63, 3.8) is 0 Å². The molecule has 0 unspecified atom stereocenters. The van der Waals surface area contributed by atoms with Crippen molar-refractivity contribution in [1.29, 1.82) is 0 Å². The van der Waals surface area contributed by atoms with Crippen LogP contribution in [0.25, 0.3) is 0 Å². The smallest absolute Gasteiger partial charge is 0.277 e. The number of pyridine rings is 1. The third kappa shape index (κ3) is 2.45. The van der Waals surface area contributed by atoms with E-state index in [2.05, 4.69) is 25.9 Å². The topological polar surface area (TPSA) is 84.7 Å². The first-order valence-corrected chi connectivity index (χ1v) is 6.09. The summed E-state index contributed by atoms with van der Waals surface area (Å²) in [5.41, 5.74) is 1.88. The van der Waals surface area contributed by atoms with E-state index in [1.54, 1.807) is 29.2 Å². The van der Waals surface area contributed by atoms with Gasteiger partial charge in [0.05, 0.1) is 12.2 Å². The Morgan fingerprint density at radius 3 is 3.05 bits per heavy atom. The summed E-state index contributed by atoms with van der Waals surface area (Å²) < 4.78 is 1.73. The molecule has 1 saturated heterocycles. The predicted octanol–water partition coefficient (Wildman–Crippen LogP) is 0.378. The molecule has 1 aliphatic rings. The predicted molar refractivity (Wildman–Crippen MR) is 68.9 cm³/mol. The van der Waals surface area contributed by atoms with Crippen molar-refractivity contribution in [2.75, 3.05) is 18.4 Å². The van der Waals surface area contributed by atoms with Crippen LogP contribution in [0.4, 0.5) is 5.69 Å². The third-order valence-electron chi connectivity index (χ3n) is 3.03. The standard InChI is InChI=1S/C12H14N6O/c1-8-4-9(2-3-14-8)15-12(19)11-7-18(17-16-11)10-5-13-6-10/h2-4,7,10,13H,5-6H2,1H3,(H,14,15,19). The molecule has 1 fully saturated rings. The van der Waals surface area contributed by atoms with E-state index in [0.717, 1.165) is 18.8 Å². The van der Waals surface area contributed by atoms with E-state index in [9.17, 15) is 4.79 Å². The van der Waals surface area contributed by atoms with E-state index in [-0.39, 0.29) is 5.91 Å². The van der Waals surface area contributed by atoms with Crippen LogP contribution in [0.1, 0.15) is 22.2 Å². The van der Waals surface area contributed by atoms with E-state index in [4.69, 9.17) is 0 Å². The van der Waals surface area contributed by atoms with Gasteiger partial charge >= 0.3 is 0 Å². The lowest BCUT2D eigenvalue weighted by Gasteiger charge is -2.26. The largest absolute Gasteiger partial charge is 0.320 e. The molecule has 2 aromatic rings. The Bertz CT molecular complexity index is 604. The Morgan fingerprint density at radius 1 is 1.53 bits per heavy atom. The van der Waals surface area contributed by atoms with Crippen LogP contribution < -0.4 is 10.6 Å². The molecule has 1 amide bonds. The van der Waals surface area contributed by atoms with Crippen LogP contribution in [0, 0.1) is 6.92 Å². The van der Waals surface area contributed by atoms with Crippen molar-refractivity contribution in [1.82, 2.24) is 25.3 Å². The molecule has 19 heavy (non-hydrogen) atoms. The molecule has 7 heteroatoms. The lowest BCUT2D eigenvalue weighted by Crippen LogP contribution is -2.43. The number of aromatic nitrogens is 4. The molecule has 0 aliphatic carbocycles. The molecule has 0 aromatic carbocycles. The van der Waals surface area contributed by atoms with E-state index < -0.39 is 0 Å². The molecular formula is C12H14N6O. The van der Waals surface area contributed by atoms with Gasteiger partial charge in [0.1, 0.15) is 0 Å². The Kier molecular flexibility index (Phi) is 2.96. The molecule has 98 valence electrons. The average molecular weight is 258 g/mol. The van der Waals surface area contributed by atoms with Gasteiger partial charge in [0.25, 0.3) is 5.91 Å². The second kappa shape index (κ2) is 4.77. The van der Waals surface area contributed by atoms with Gasteiger partial charge in [-0.3, -0.25) is 9.78 Å². The summed E-state index contributed by atoms with van der Waals surface area (Å²) in [7, 11) is 0. The van der Waals surface area contributed by atoms with Gasteiger partial charge in [-0.15, -0.1) is 5.10 Å². The molecule has 0 bridgehead atoms. The van der Waals surface area contributed by atoms with Crippen molar-refractivity contribution < 1.29 is 4.79 Å². The first-order valence-electron chi connectivity index (χ1n) is 6.09. The number of carbonyl (C=O) groups excluding carboxylic acids is 1. The molecule has 1 aliphatic heterocycles. The van der Waals surface area contributed by atoms with Crippen molar-refractivity contribution in [3.8, 4) is 0 Å². The van der Waals surface area contributed by atoms with Crippen molar-refractivity contribution in [2.24, 2.45) is 0 Å². The minimum absolute atomic E-state index is 0.260.